The van der Waals surface area contributed by atoms with Gasteiger partial charge in [-0.3, -0.25) is 9.89 Å². The first-order valence-electron chi connectivity index (χ1n) is 7.98. The standard InChI is InChI=1S/C17H24N4OS/c1-4-6-15-18-17(20-19-15)23-12-16(22)21(3)11-14-9-7-13(5-2)8-10-14/h7-10H,4-6,11-12H2,1-3H3,(H,18,19,20). The number of carbonyl (C=O) groups is 1. The molecule has 0 atom stereocenters. The number of H-pyrrole nitrogens is 1. The molecule has 0 unspecified atom stereocenters. The molecule has 124 valence electrons. The van der Waals surface area contributed by atoms with Gasteiger partial charge in [0.1, 0.15) is 5.82 Å². The molecule has 0 saturated heterocycles. The molecule has 0 radical (unpaired) electrons. The number of aromatic nitrogens is 3. The van der Waals surface area contributed by atoms with Crippen LogP contribution in [-0.4, -0.2) is 38.8 Å². The quantitative estimate of drug-likeness (QED) is 0.755. The van der Waals surface area contributed by atoms with Gasteiger partial charge in [-0.1, -0.05) is 49.9 Å². The van der Waals surface area contributed by atoms with Crippen LogP contribution in [0.25, 0.3) is 0 Å². The van der Waals surface area contributed by atoms with E-state index in [2.05, 4.69) is 53.3 Å². The molecule has 6 heteroatoms. The highest BCUT2D eigenvalue weighted by Gasteiger charge is 2.12. The SMILES string of the molecule is CCCc1nc(SCC(=O)N(C)Cc2ccc(CC)cc2)n[nH]1. The minimum absolute atomic E-state index is 0.0800. The molecular weight excluding hydrogens is 308 g/mol. The summed E-state index contributed by atoms with van der Waals surface area (Å²) < 4.78 is 0. The Morgan fingerprint density at radius 2 is 1.91 bits per heavy atom. The number of nitrogens with one attached hydrogen (secondary N) is 1. The van der Waals surface area contributed by atoms with E-state index >= 15 is 0 Å². The van der Waals surface area contributed by atoms with Crippen molar-refractivity contribution in [3.05, 3.63) is 41.2 Å². The third-order valence-electron chi connectivity index (χ3n) is 3.60. The van der Waals surface area contributed by atoms with Crippen molar-refractivity contribution in [2.75, 3.05) is 12.8 Å². The number of hydrogen-bond acceptors (Lipinski definition) is 4. The van der Waals surface area contributed by atoms with Crippen LogP contribution in [0.15, 0.2) is 29.4 Å². The van der Waals surface area contributed by atoms with Gasteiger partial charge >= 0.3 is 0 Å². The molecule has 1 heterocycles. The lowest BCUT2D eigenvalue weighted by atomic mass is 10.1. The van der Waals surface area contributed by atoms with Crippen LogP contribution in [0.2, 0.25) is 0 Å². The van der Waals surface area contributed by atoms with E-state index in [4.69, 9.17) is 0 Å². The molecule has 5 nitrogen and oxygen atoms in total. The van der Waals surface area contributed by atoms with Crippen LogP contribution in [-0.2, 0) is 24.2 Å². The van der Waals surface area contributed by atoms with Crippen molar-refractivity contribution in [2.45, 2.75) is 44.8 Å². The van der Waals surface area contributed by atoms with Crippen LogP contribution in [0.5, 0.6) is 0 Å². The summed E-state index contributed by atoms with van der Waals surface area (Å²) in [6, 6.07) is 8.40. The van der Waals surface area contributed by atoms with Crippen LogP contribution >= 0.6 is 11.8 Å². The molecule has 0 bridgehead atoms. The zero-order chi connectivity index (χ0) is 16.7. The number of amides is 1. The molecule has 2 rings (SSSR count). The van der Waals surface area contributed by atoms with Crippen LogP contribution in [0.3, 0.4) is 0 Å². The first-order valence-corrected chi connectivity index (χ1v) is 8.96. The van der Waals surface area contributed by atoms with Gasteiger partial charge in [0.2, 0.25) is 11.1 Å². The average molecular weight is 332 g/mol. The summed E-state index contributed by atoms with van der Waals surface area (Å²) in [4.78, 5) is 18.3. The number of aryl methyl sites for hydroxylation is 2. The van der Waals surface area contributed by atoms with E-state index < -0.39 is 0 Å². The van der Waals surface area contributed by atoms with E-state index in [9.17, 15) is 4.79 Å². The Bertz CT molecular complexity index is 624. The molecule has 1 amide bonds. The van der Waals surface area contributed by atoms with Crippen molar-refractivity contribution >= 4 is 17.7 Å². The van der Waals surface area contributed by atoms with E-state index in [0.29, 0.717) is 17.5 Å². The third kappa shape index (κ3) is 5.39. The number of aromatic amines is 1. The lowest BCUT2D eigenvalue weighted by Crippen LogP contribution is -2.27. The van der Waals surface area contributed by atoms with Crippen molar-refractivity contribution < 1.29 is 4.79 Å². The van der Waals surface area contributed by atoms with Crippen LogP contribution in [0.4, 0.5) is 0 Å². The fourth-order valence-electron chi connectivity index (χ4n) is 2.17. The molecule has 23 heavy (non-hydrogen) atoms. The molecule has 1 aromatic carbocycles. The smallest absolute Gasteiger partial charge is 0.233 e. The van der Waals surface area contributed by atoms with Crippen LogP contribution < -0.4 is 0 Å². The number of nitrogens with zero attached hydrogens (tertiary/aromatic N) is 3. The monoisotopic (exact) mass is 332 g/mol. The minimum atomic E-state index is 0.0800. The summed E-state index contributed by atoms with van der Waals surface area (Å²) in [5.74, 6) is 1.32. The van der Waals surface area contributed by atoms with E-state index in [0.717, 1.165) is 30.7 Å². The Balaban J connectivity index is 1.81. The topological polar surface area (TPSA) is 61.9 Å². The van der Waals surface area contributed by atoms with Gasteiger partial charge < -0.3 is 4.90 Å². The summed E-state index contributed by atoms with van der Waals surface area (Å²) in [6.07, 6.45) is 2.94. The van der Waals surface area contributed by atoms with Gasteiger partial charge in [-0.15, -0.1) is 5.10 Å². The Labute approximate surface area is 141 Å². The highest BCUT2D eigenvalue weighted by atomic mass is 32.2. The molecule has 0 aliphatic rings. The van der Waals surface area contributed by atoms with Gasteiger partial charge in [0.15, 0.2) is 0 Å². The maximum atomic E-state index is 12.2. The normalized spacial score (nSPS) is 10.7. The Morgan fingerprint density at radius 1 is 1.22 bits per heavy atom. The molecule has 0 aliphatic carbocycles. The second-order valence-corrected chi connectivity index (χ2v) is 6.47. The van der Waals surface area contributed by atoms with Gasteiger partial charge in [0, 0.05) is 20.0 Å². The lowest BCUT2D eigenvalue weighted by molar-refractivity contribution is -0.127. The van der Waals surface area contributed by atoms with Crippen molar-refractivity contribution in [3.63, 3.8) is 0 Å². The molecule has 0 spiro atoms. The number of rotatable bonds is 8. The Kier molecular flexibility index (Phi) is 6.65. The van der Waals surface area contributed by atoms with Gasteiger partial charge in [0.25, 0.3) is 0 Å². The Hall–Kier alpha value is -1.82. The number of carbonyl (C=O) groups excluding carboxylic acids is 1. The van der Waals surface area contributed by atoms with Crippen LogP contribution in [0.1, 0.15) is 37.2 Å². The van der Waals surface area contributed by atoms with Gasteiger partial charge in [-0.2, -0.15) is 0 Å². The van der Waals surface area contributed by atoms with E-state index in [1.54, 1.807) is 4.90 Å². The van der Waals surface area contributed by atoms with Crippen molar-refractivity contribution in [3.8, 4) is 0 Å². The highest BCUT2D eigenvalue weighted by molar-refractivity contribution is 7.99. The second-order valence-electron chi connectivity index (χ2n) is 5.52. The first-order chi connectivity index (χ1) is 11.1. The minimum Gasteiger partial charge on any atom is -0.341 e. The highest BCUT2D eigenvalue weighted by Crippen LogP contribution is 2.14. The fraction of sp³-hybridized carbons (Fsp3) is 0.471. The summed E-state index contributed by atoms with van der Waals surface area (Å²) in [5.41, 5.74) is 2.46. The summed E-state index contributed by atoms with van der Waals surface area (Å²) in [5, 5.41) is 7.67. The largest absolute Gasteiger partial charge is 0.341 e. The third-order valence-corrected chi connectivity index (χ3v) is 4.43. The average Bonchev–Trinajstić information content (AvgIpc) is 3.01. The molecule has 1 N–H and O–H groups in total. The molecule has 0 fully saturated rings. The van der Waals surface area contributed by atoms with Crippen molar-refractivity contribution in [2.24, 2.45) is 0 Å². The zero-order valence-electron chi connectivity index (χ0n) is 14.0. The first kappa shape index (κ1) is 17.5. The predicted molar refractivity (Wildman–Crippen MR) is 93.4 cm³/mol. The molecule has 1 aromatic heterocycles. The number of thioether (sulfide) groups is 1. The number of benzene rings is 1. The zero-order valence-corrected chi connectivity index (χ0v) is 14.8. The molecule has 0 saturated carbocycles. The molecular formula is C17H24N4OS. The number of hydrogen-bond donors (Lipinski definition) is 1. The Morgan fingerprint density at radius 3 is 2.57 bits per heavy atom. The molecule has 0 aliphatic heterocycles. The summed E-state index contributed by atoms with van der Waals surface area (Å²) in [7, 11) is 1.83. The lowest BCUT2D eigenvalue weighted by Gasteiger charge is -2.17. The van der Waals surface area contributed by atoms with Crippen molar-refractivity contribution in [1.29, 1.82) is 0 Å². The predicted octanol–water partition coefficient (Wildman–Crippen LogP) is 3.07. The van der Waals surface area contributed by atoms with E-state index in [1.165, 1.54) is 17.3 Å². The fourth-order valence-corrected chi connectivity index (χ4v) is 2.93. The molecule has 2 aromatic rings. The second kappa shape index (κ2) is 8.72. The van der Waals surface area contributed by atoms with Crippen molar-refractivity contribution in [1.82, 2.24) is 20.1 Å². The van der Waals surface area contributed by atoms with E-state index in [-0.39, 0.29) is 5.91 Å². The van der Waals surface area contributed by atoms with Gasteiger partial charge in [-0.25, -0.2) is 4.98 Å². The van der Waals surface area contributed by atoms with E-state index in [1.807, 2.05) is 7.05 Å². The summed E-state index contributed by atoms with van der Waals surface area (Å²) >= 11 is 1.38. The maximum Gasteiger partial charge on any atom is 0.233 e. The van der Waals surface area contributed by atoms with Gasteiger partial charge in [0.05, 0.1) is 5.75 Å². The maximum absolute atomic E-state index is 12.2. The summed E-state index contributed by atoms with van der Waals surface area (Å²) in [6.45, 7) is 4.86. The van der Waals surface area contributed by atoms with Crippen LogP contribution in [0, 0.1) is 0 Å². The van der Waals surface area contributed by atoms with Gasteiger partial charge in [-0.05, 0) is 24.0 Å².